The molecule has 158 valence electrons. The van der Waals surface area contributed by atoms with Crippen LogP contribution < -0.4 is 9.62 Å². The molecule has 0 atom stereocenters. The second-order valence-electron chi connectivity index (χ2n) is 6.80. The number of hydrogen-bond acceptors (Lipinski definition) is 4. The minimum Gasteiger partial charge on any atom is -0.354 e. The zero-order valence-corrected chi connectivity index (χ0v) is 17.3. The number of anilines is 1. The Morgan fingerprint density at radius 2 is 1.93 bits per heavy atom. The van der Waals surface area contributed by atoms with Gasteiger partial charge in [0.05, 0.1) is 17.5 Å². The summed E-state index contributed by atoms with van der Waals surface area (Å²) in [7, 11) is -3.92. The zero-order valence-electron chi connectivity index (χ0n) is 15.7. The molecule has 0 aliphatic heterocycles. The fourth-order valence-electron chi connectivity index (χ4n) is 3.07. The molecule has 0 saturated heterocycles. The average molecular weight is 439 g/mol. The number of sulfonamides is 1. The highest BCUT2D eigenvalue weighted by Gasteiger charge is 2.32. The molecule has 0 heterocycles. The summed E-state index contributed by atoms with van der Waals surface area (Å²) in [6, 6.07) is 3.94. The summed E-state index contributed by atoms with van der Waals surface area (Å²) in [5.74, 6) is 0.172. The number of hydrogen-bond donors (Lipinski definition) is 1. The van der Waals surface area contributed by atoms with Crippen molar-refractivity contribution in [1.29, 1.82) is 0 Å². The molecule has 28 heavy (non-hydrogen) atoms. The van der Waals surface area contributed by atoms with Crippen molar-refractivity contribution >= 4 is 33.4 Å². The molecule has 5 nitrogen and oxygen atoms in total. The van der Waals surface area contributed by atoms with Crippen molar-refractivity contribution in [2.45, 2.75) is 43.5 Å². The van der Waals surface area contributed by atoms with Gasteiger partial charge in [-0.25, -0.2) is 8.42 Å². The first-order valence-corrected chi connectivity index (χ1v) is 12.0. The van der Waals surface area contributed by atoms with Crippen molar-refractivity contribution in [1.82, 2.24) is 5.32 Å². The lowest BCUT2D eigenvalue weighted by Gasteiger charge is -2.23. The van der Waals surface area contributed by atoms with E-state index in [0.717, 1.165) is 30.2 Å². The number of nitrogens with one attached hydrogen (secondary N) is 1. The Morgan fingerprint density at radius 3 is 2.54 bits per heavy atom. The van der Waals surface area contributed by atoms with Gasteiger partial charge in [-0.15, -0.1) is 0 Å². The van der Waals surface area contributed by atoms with Crippen LogP contribution in [0.1, 0.15) is 37.7 Å². The lowest BCUT2D eigenvalue weighted by Crippen LogP contribution is -2.41. The highest BCUT2D eigenvalue weighted by Crippen LogP contribution is 2.32. The van der Waals surface area contributed by atoms with E-state index in [1.54, 1.807) is 11.8 Å². The van der Waals surface area contributed by atoms with Crippen LogP contribution in [0, 0.1) is 0 Å². The number of nitrogens with zero attached hydrogens (tertiary/aromatic N) is 1. The second kappa shape index (κ2) is 9.87. The number of rotatable bonds is 8. The maximum absolute atomic E-state index is 12.9. The molecule has 1 aliphatic rings. The van der Waals surface area contributed by atoms with Gasteiger partial charge in [0.1, 0.15) is 6.54 Å². The van der Waals surface area contributed by atoms with Crippen LogP contribution >= 0.6 is 11.8 Å². The molecular formula is C18H25F3N2O3S2. The van der Waals surface area contributed by atoms with Crippen LogP contribution in [0.5, 0.6) is 0 Å². The summed E-state index contributed by atoms with van der Waals surface area (Å²) < 4.78 is 63.4. The van der Waals surface area contributed by atoms with Crippen LogP contribution in [0.2, 0.25) is 0 Å². The van der Waals surface area contributed by atoms with Gasteiger partial charge in [0.25, 0.3) is 0 Å². The lowest BCUT2D eigenvalue weighted by atomic mass is 10.0. The van der Waals surface area contributed by atoms with Crippen molar-refractivity contribution in [3.8, 4) is 0 Å². The molecule has 1 aliphatic carbocycles. The Kier molecular flexibility index (Phi) is 8.06. The monoisotopic (exact) mass is 438 g/mol. The lowest BCUT2D eigenvalue weighted by molar-refractivity contribution is -0.137. The fraction of sp³-hybridized carbons (Fsp3) is 0.611. The SMILES string of the molecule is CS(=O)(=O)N(CC(=O)NCCSC1CCCCC1)c1cccc(C(F)(F)F)c1. The van der Waals surface area contributed by atoms with Crippen LogP contribution in [-0.2, 0) is 21.0 Å². The molecule has 0 unspecified atom stereocenters. The van der Waals surface area contributed by atoms with Gasteiger partial charge < -0.3 is 5.32 Å². The third kappa shape index (κ3) is 7.20. The first kappa shape index (κ1) is 22.9. The molecule has 1 aromatic carbocycles. The Balaban J connectivity index is 1.94. The van der Waals surface area contributed by atoms with Crippen LogP contribution in [0.3, 0.4) is 0 Å². The van der Waals surface area contributed by atoms with E-state index in [4.69, 9.17) is 0 Å². The summed E-state index contributed by atoms with van der Waals surface area (Å²) in [5.41, 5.74) is -1.16. The molecule has 10 heteroatoms. The number of alkyl halides is 3. The largest absolute Gasteiger partial charge is 0.416 e. The molecule has 2 rings (SSSR count). The number of carbonyl (C=O) groups excluding carboxylic acids is 1. The third-order valence-corrected chi connectivity index (χ3v) is 7.00. The highest BCUT2D eigenvalue weighted by atomic mass is 32.2. The van der Waals surface area contributed by atoms with Gasteiger partial charge in [0.15, 0.2) is 0 Å². The summed E-state index contributed by atoms with van der Waals surface area (Å²) in [5, 5.41) is 3.25. The Hall–Kier alpha value is -1.42. The summed E-state index contributed by atoms with van der Waals surface area (Å²) in [6.07, 6.45) is 2.34. The zero-order chi connectivity index (χ0) is 20.8. The number of thioether (sulfide) groups is 1. The average Bonchev–Trinajstić information content (AvgIpc) is 2.62. The van der Waals surface area contributed by atoms with Crippen LogP contribution in [0.15, 0.2) is 24.3 Å². The summed E-state index contributed by atoms with van der Waals surface area (Å²) in [6.45, 7) is -0.172. The molecule has 0 radical (unpaired) electrons. The standard InChI is InChI=1S/C18H25F3N2O3S2/c1-28(25,26)23(15-7-5-6-14(12-15)18(19,20)21)13-17(24)22-10-11-27-16-8-3-2-4-9-16/h5-7,12,16H,2-4,8-11,13H2,1H3,(H,22,24). The van der Waals surface area contributed by atoms with Crippen LogP contribution in [0.25, 0.3) is 0 Å². The van der Waals surface area contributed by atoms with E-state index in [9.17, 15) is 26.4 Å². The molecule has 1 aromatic rings. The maximum atomic E-state index is 12.9. The van der Waals surface area contributed by atoms with Crippen molar-refractivity contribution in [2.24, 2.45) is 0 Å². The van der Waals surface area contributed by atoms with E-state index in [1.165, 1.54) is 38.2 Å². The van der Waals surface area contributed by atoms with Gasteiger partial charge in [-0.3, -0.25) is 9.10 Å². The van der Waals surface area contributed by atoms with E-state index < -0.39 is 34.2 Å². The summed E-state index contributed by atoms with van der Waals surface area (Å²) in [4.78, 5) is 12.2. The van der Waals surface area contributed by atoms with E-state index in [2.05, 4.69) is 5.32 Å². The molecule has 1 saturated carbocycles. The van der Waals surface area contributed by atoms with Gasteiger partial charge in [0.2, 0.25) is 15.9 Å². The van der Waals surface area contributed by atoms with E-state index in [-0.39, 0.29) is 5.69 Å². The highest BCUT2D eigenvalue weighted by molar-refractivity contribution is 7.99. The smallest absolute Gasteiger partial charge is 0.354 e. The number of carbonyl (C=O) groups is 1. The van der Waals surface area contributed by atoms with Gasteiger partial charge in [-0.1, -0.05) is 25.3 Å². The van der Waals surface area contributed by atoms with E-state index >= 15 is 0 Å². The fourth-order valence-corrected chi connectivity index (χ4v) is 5.14. The number of amides is 1. The minimum absolute atomic E-state index is 0.191. The third-order valence-electron chi connectivity index (χ3n) is 4.48. The van der Waals surface area contributed by atoms with Gasteiger partial charge in [0, 0.05) is 17.5 Å². The first-order valence-electron chi connectivity index (χ1n) is 9.10. The van der Waals surface area contributed by atoms with Crippen molar-refractivity contribution in [2.75, 3.05) is 29.4 Å². The van der Waals surface area contributed by atoms with E-state index in [0.29, 0.717) is 16.1 Å². The van der Waals surface area contributed by atoms with Crippen molar-refractivity contribution in [3.05, 3.63) is 29.8 Å². The normalized spacial score (nSPS) is 16.0. The minimum atomic E-state index is -4.60. The Labute approximate surface area is 168 Å². The Morgan fingerprint density at radius 1 is 1.25 bits per heavy atom. The first-order chi connectivity index (χ1) is 13.1. The van der Waals surface area contributed by atoms with Gasteiger partial charge in [-0.2, -0.15) is 24.9 Å². The van der Waals surface area contributed by atoms with E-state index in [1.807, 2.05) is 0 Å². The second-order valence-corrected chi connectivity index (χ2v) is 10.1. The predicted molar refractivity (Wildman–Crippen MR) is 106 cm³/mol. The molecule has 1 fully saturated rings. The topological polar surface area (TPSA) is 66.5 Å². The molecule has 1 N–H and O–H groups in total. The molecular weight excluding hydrogens is 413 g/mol. The maximum Gasteiger partial charge on any atom is 0.416 e. The predicted octanol–water partition coefficient (Wildman–Crippen LogP) is 3.65. The van der Waals surface area contributed by atoms with Gasteiger partial charge >= 0.3 is 6.18 Å². The van der Waals surface area contributed by atoms with Gasteiger partial charge in [-0.05, 0) is 31.0 Å². The number of benzene rings is 1. The van der Waals surface area contributed by atoms with Crippen LogP contribution in [-0.4, -0.2) is 44.7 Å². The molecule has 0 bridgehead atoms. The molecule has 0 aromatic heterocycles. The molecule has 1 amide bonds. The van der Waals surface area contributed by atoms with Crippen molar-refractivity contribution < 1.29 is 26.4 Å². The summed E-state index contributed by atoms with van der Waals surface area (Å²) >= 11 is 1.79. The quantitative estimate of drug-likeness (QED) is 0.629. The van der Waals surface area contributed by atoms with Crippen LogP contribution in [0.4, 0.5) is 18.9 Å². The van der Waals surface area contributed by atoms with Crippen molar-refractivity contribution in [3.63, 3.8) is 0 Å². The molecule has 0 spiro atoms. The Bertz CT molecular complexity index is 764. The number of halogens is 3.